The Labute approximate surface area is 189 Å². The number of rotatable bonds is 6. The lowest BCUT2D eigenvalue weighted by molar-refractivity contribution is -0.138. The molecule has 0 spiro atoms. The number of hydrogen-bond donors (Lipinski definition) is 1. The standard InChI is InChI=1S/C23H21ClF3N5/c24-21-11-18(6-5-16(21)12-28)32(13-17-3-1-2-4-20(17)23(25,26)27)19-7-10-31(14-19)15-22-29-8-9-30-22/h1-6,8-9,11,19H,7,10,13-15H2,(H,29,30). The van der Waals surface area contributed by atoms with Crippen LogP contribution in [0.2, 0.25) is 5.02 Å². The van der Waals surface area contributed by atoms with Crippen LogP contribution in [0.1, 0.15) is 28.9 Å². The zero-order chi connectivity index (χ0) is 22.7. The number of likely N-dealkylation sites (tertiary alicyclic amines) is 1. The van der Waals surface area contributed by atoms with E-state index in [1.807, 2.05) is 11.0 Å². The molecule has 1 fully saturated rings. The molecule has 5 nitrogen and oxygen atoms in total. The van der Waals surface area contributed by atoms with Gasteiger partial charge in [-0.25, -0.2) is 4.98 Å². The van der Waals surface area contributed by atoms with Gasteiger partial charge in [-0.15, -0.1) is 0 Å². The minimum atomic E-state index is -4.44. The van der Waals surface area contributed by atoms with E-state index in [-0.39, 0.29) is 23.2 Å². The number of nitriles is 1. The molecular formula is C23H21ClF3N5. The van der Waals surface area contributed by atoms with Gasteiger partial charge in [0.1, 0.15) is 11.9 Å². The summed E-state index contributed by atoms with van der Waals surface area (Å²) >= 11 is 6.26. The summed E-state index contributed by atoms with van der Waals surface area (Å²) in [5.41, 5.74) is 0.577. The number of H-pyrrole nitrogens is 1. The number of hydrogen-bond acceptors (Lipinski definition) is 4. The van der Waals surface area contributed by atoms with E-state index in [4.69, 9.17) is 11.6 Å². The van der Waals surface area contributed by atoms with Crippen molar-refractivity contribution >= 4 is 17.3 Å². The maximum Gasteiger partial charge on any atom is 0.416 e. The minimum absolute atomic E-state index is 0.0183. The van der Waals surface area contributed by atoms with Crippen molar-refractivity contribution < 1.29 is 13.2 Å². The molecule has 1 aromatic heterocycles. The van der Waals surface area contributed by atoms with Crippen molar-refractivity contribution in [2.24, 2.45) is 0 Å². The maximum atomic E-state index is 13.6. The number of benzene rings is 2. The second-order valence-corrected chi connectivity index (χ2v) is 8.18. The van der Waals surface area contributed by atoms with Crippen molar-refractivity contribution in [1.29, 1.82) is 5.26 Å². The second kappa shape index (κ2) is 9.23. The first-order valence-electron chi connectivity index (χ1n) is 10.2. The third-order valence-corrected chi connectivity index (χ3v) is 6.00. The highest BCUT2D eigenvalue weighted by molar-refractivity contribution is 6.32. The quantitative estimate of drug-likeness (QED) is 0.548. The molecule has 166 valence electrons. The first kappa shape index (κ1) is 22.2. The second-order valence-electron chi connectivity index (χ2n) is 7.77. The molecule has 0 aliphatic carbocycles. The Balaban J connectivity index is 1.64. The lowest BCUT2D eigenvalue weighted by atomic mass is 10.0. The molecular weight excluding hydrogens is 439 g/mol. The molecule has 4 rings (SSSR count). The van der Waals surface area contributed by atoms with Gasteiger partial charge in [0.05, 0.1) is 22.7 Å². The Kier molecular flexibility index (Phi) is 6.40. The van der Waals surface area contributed by atoms with Crippen LogP contribution in [0, 0.1) is 11.3 Å². The number of aromatic nitrogens is 2. The maximum absolute atomic E-state index is 13.6. The number of halogens is 4. The third-order valence-electron chi connectivity index (χ3n) is 5.68. The zero-order valence-corrected chi connectivity index (χ0v) is 17.9. The number of nitrogens with one attached hydrogen (secondary N) is 1. The van der Waals surface area contributed by atoms with E-state index in [0.29, 0.717) is 24.3 Å². The molecule has 1 atom stereocenters. The lowest BCUT2D eigenvalue weighted by Crippen LogP contribution is -2.37. The van der Waals surface area contributed by atoms with Crippen LogP contribution in [0.4, 0.5) is 18.9 Å². The smallest absolute Gasteiger partial charge is 0.363 e. The van der Waals surface area contributed by atoms with E-state index in [1.54, 1.807) is 36.7 Å². The molecule has 1 N–H and O–H groups in total. The van der Waals surface area contributed by atoms with Crippen molar-refractivity contribution in [3.8, 4) is 6.07 Å². The monoisotopic (exact) mass is 459 g/mol. The van der Waals surface area contributed by atoms with Gasteiger partial charge < -0.3 is 9.88 Å². The Morgan fingerprint density at radius 1 is 1.25 bits per heavy atom. The van der Waals surface area contributed by atoms with Crippen LogP contribution in [-0.4, -0.2) is 34.0 Å². The van der Waals surface area contributed by atoms with Crippen LogP contribution in [0.15, 0.2) is 54.9 Å². The summed E-state index contributed by atoms with van der Waals surface area (Å²) in [5, 5.41) is 9.47. The summed E-state index contributed by atoms with van der Waals surface area (Å²) in [6.45, 7) is 2.20. The van der Waals surface area contributed by atoms with E-state index in [9.17, 15) is 18.4 Å². The van der Waals surface area contributed by atoms with Crippen LogP contribution >= 0.6 is 11.6 Å². The largest absolute Gasteiger partial charge is 0.416 e. The fourth-order valence-corrected chi connectivity index (χ4v) is 4.35. The van der Waals surface area contributed by atoms with Crippen LogP contribution < -0.4 is 4.90 Å². The molecule has 1 unspecified atom stereocenters. The number of nitrogens with zero attached hydrogens (tertiary/aromatic N) is 4. The number of aromatic amines is 1. The van der Waals surface area contributed by atoms with Gasteiger partial charge in [-0.3, -0.25) is 4.90 Å². The predicted octanol–water partition coefficient (Wildman–Crippen LogP) is 5.23. The summed E-state index contributed by atoms with van der Waals surface area (Å²) < 4.78 is 40.9. The molecule has 9 heteroatoms. The van der Waals surface area contributed by atoms with Crippen molar-refractivity contribution in [2.75, 3.05) is 18.0 Å². The fourth-order valence-electron chi connectivity index (χ4n) is 4.13. The molecule has 1 saturated heterocycles. The molecule has 0 saturated carbocycles. The molecule has 2 heterocycles. The zero-order valence-electron chi connectivity index (χ0n) is 17.1. The first-order chi connectivity index (χ1) is 15.3. The van der Waals surface area contributed by atoms with E-state index >= 15 is 0 Å². The van der Waals surface area contributed by atoms with Gasteiger partial charge in [0.2, 0.25) is 0 Å². The molecule has 3 aromatic rings. The highest BCUT2D eigenvalue weighted by Gasteiger charge is 2.35. The highest BCUT2D eigenvalue weighted by Crippen LogP contribution is 2.35. The van der Waals surface area contributed by atoms with Crippen molar-refractivity contribution in [1.82, 2.24) is 14.9 Å². The Morgan fingerprint density at radius 3 is 2.75 bits per heavy atom. The molecule has 0 amide bonds. The van der Waals surface area contributed by atoms with E-state index < -0.39 is 11.7 Å². The Hall–Kier alpha value is -3.02. The van der Waals surface area contributed by atoms with Gasteiger partial charge in [0, 0.05) is 43.8 Å². The van der Waals surface area contributed by atoms with Crippen LogP contribution in [0.3, 0.4) is 0 Å². The van der Waals surface area contributed by atoms with Crippen molar-refractivity contribution in [2.45, 2.75) is 31.7 Å². The number of anilines is 1. The van der Waals surface area contributed by atoms with E-state index in [2.05, 4.69) is 14.9 Å². The van der Waals surface area contributed by atoms with Crippen molar-refractivity contribution in [3.63, 3.8) is 0 Å². The molecule has 2 aromatic carbocycles. The third kappa shape index (κ3) is 4.90. The number of alkyl halides is 3. The summed E-state index contributed by atoms with van der Waals surface area (Å²) in [6, 6.07) is 12.7. The van der Waals surface area contributed by atoms with Gasteiger partial charge in [0.15, 0.2) is 0 Å². The Bertz CT molecular complexity index is 1110. The predicted molar refractivity (Wildman–Crippen MR) is 116 cm³/mol. The molecule has 0 radical (unpaired) electrons. The normalized spacial score (nSPS) is 16.8. The molecule has 1 aliphatic heterocycles. The topological polar surface area (TPSA) is 59.0 Å². The SMILES string of the molecule is N#Cc1ccc(N(Cc2ccccc2C(F)(F)F)C2CCN(Cc3ncc[nH]3)C2)cc1Cl. The first-order valence-corrected chi connectivity index (χ1v) is 10.5. The number of imidazole rings is 1. The fraction of sp³-hybridized carbons (Fsp3) is 0.304. The van der Waals surface area contributed by atoms with Crippen LogP contribution in [0.25, 0.3) is 0 Å². The molecule has 0 bridgehead atoms. The van der Waals surface area contributed by atoms with Gasteiger partial charge in [-0.2, -0.15) is 18.4 Å². The average molecular weight is 460 g/mol. The van der Waals surface area contributed by atoms with Crippen molar-refractivity contribution in [3.05, 3.63) is 82.4 Å². The van der Waals surface area contributed by atoms with E-state index in [0.717, 1.165) is 24.9 Å². The van der Waals surface area contributed by atoms with Gasteiger partial charge >= 0.3 is 6.18 Å². The summed E-state index contributed by atoms with van der Waals surface area (Å²) in [5.74, 6) is 0.848. The average Bonchev–Trinajstić information content (AvgIpc) is 3.44. The summed E-state index contributed by atoms with van der Waals surface area (Å²) in [4.78, 5) is 11.5. The van der Waals surface area contributed by atoms with E-state index in [1.165, 1.54) is 12.1 Å². The summed E-state index contributed by atoms with van der Waals surface area (Å²) in [6.07, 6.45) is -0.192. The Morgan fingerprint density at radius 2 is 2.06 bits per heavy atom. The minimum Gasteiger partial charge on any atom is -0.363 e. The lowest BCUT2D eigenvalue weighted by Gasteiger charge is -2.32. The van der Waals surface area contributed by atoms with Gasteiger partial charge in [-0.1, -0.05) is 29.8 Å². The van der Waals surface area contributed by atoms with Crippen LogP contribution in [-0.2, 0) is 19.3 Å². The summed E-state index contributed by atoms with van der Waals surface area (Å²) in [7, 11) is 0. The molecule has 32 heavy (non-hydrogen) atoms. The molecule has 1 aliphatic rings. The van der Waals surface area contributed by atoms with Crippen LogP contribution in [0.5, 0.6) is 0 Å². The van der Waals surface area contributed by atoms with Gasteiger partial charge in [-0.05, 0) is 36.2 Å². The van der Waals surface area contributed by atoms with Gasteiger partial charge in [0.25, 0.3) is 0 Å². The highest BCUT2D eigenvalue weighted by atomic mass is 35.5.